The number of hydrogen-bond donors (Lipinski definition) is 1. The molecule has 0 aromatic heterocycles. The zero-order valence-electron chi connectivity index (χ0n) is 10.9. The molecule has 0 atom stereocenters. The highest BCUT2D eigenvalue weighted by molar-refractivity contribution is 4.52. The Hall–Kier alpha value is -0.160. The smallest absolute Gasteiger partial charge is 0.102 e. The largest absolute Gasteiger partial charge is 0.633 e. The van der Waals surface area contributed by atoms with E-state index in [-0.39, 0.29) is 4.65 Å². The van der Waals surface area contributed by atoms with Gasteiger partial charge in [0, 0.05) is 6.61 Å². The highest BCUT2D eigenvalue weighted by atomic mass is 16.6. The Labute approximate surface area is 105 Å². The van der Waals surface area contributed by atoms with Crippen LogP contribution in [0.5, 0.6) is 0 Å². The van der Waals surface area contributed by atoms with Gasteiger partial charge in [-0.25, -0.2) is 0 Å². The summed E-state index contributed by atoms with van der Waals surface area (Å²) in [6.07, 6.45) is 7.96. The summed E-state index contributed by atoms with van der Waals surface area (Å²) in [5, 5.41) is 20.8. The first-order valence-corrected chi connectivity index (χ1v) is 7.02. The van der Waals surface area contributed by atoms with Crippen molar-refractivity contribution < 1.29 is 14.5 Å². The zero-order chi connectivity index (χ0) is 12.4. The van der Waals surface area contributed by atoms with Crippen molar-refractivity contribution in [3.8, 4) is 0 Å². The van der Waals surface area contributed by atoms with Crippen LogP contribution in [0.3, 0.4) is 0 Å². The lowest BCUT2D eigenvalue weighted by Gasteiger charge is -2.45. The average Bonchev–Trinajstić information content (AvgIpc) is 2.33. The van der Waals surface area contributed by atoms with E-state index in [9.17, 15) is 5.21 Å². The number of aliphatic hydroxyl groups is 1. The minimum absolute atomic E-state index is 0.0372. The third-order valence-corrected chi connectivity index (χ3v) is 3.51. The fourth-order valence-electron chi connectivity index (χ4n) is 2.29. The second-order valence-electron chi connectivity index (χ2n) is 5.04. The number of unbranched alkanes of at least 4 members (excludes halogenated alkanes) is 6. The number of ether oxygens (including phenoxy) is 1. The minimum Gasteiger partial charge on any atom is -0.633 e. The summed E-state index contributed by atoms with van der Waals surface area (Å²) < 4.78 is 5.17. The highest BCUT2D eigenvalue weighted by Crippen LogP contribution is 2.13. The fraction of sp³-hybridized carbons (Fsp3) is 1.00. The zero-order valence-corrected chi connectivity index (χ0v) is 10.9. The van der Waals surface area contributed by atoms with Gasteiger partial charge in [-0.15, -0.1) is 0 Å². The second-order valence-corrected chi connectivity index (χ2v) is 5.04. The summed E-state index contributed by atoms with van der Waals surface area (Å²) >= 11 is 0. The molecule has 0 aromatic carbocycles. The number of quaternary nitrogens is 1. The summed E-state index contributed by atoms with van der Waals surface area (Å²) in [7, 11) is 0. The van der Waals surface area contributed by atoms with Gasteiger partial charge in [0.25, 0.3) is 0 Å². The van der Waals surface area contributed by atoms with Crippen LogP contribution in [0.15, 0.2) is 0 Å². The number of morpholine rings is 1. The maximum absolute atomic E-state index is 12.1. The van der Waals surface area contributed by atoms with Crippen molar-refractivity contribution in [2.75, 3.05) is 39.5 Å². The van der Waals surface area contributed by atoms with E-state index in [1.165, 1.54) is 25.7 Å². The maximum Gasteiger partial charge on any atom is 0.102 e. The molecule has 0 saturated carbocycles. The van der Waals surface area contributed by atoms with Crippen LogP contribution in [0.2, 0.25) is 0 Å². The number of nitrogens with zero attached hydrogens (tertiary/aromatic N) is 1. The monoisotopic (exact) mass is 245 g/mol. The molecule has 0 radical (unpaired) electrons. The standard InChI is InChI=1S/C13H27NO3/c15-11-7-5-3-1-2-4-6-8-14(16)9-12-17-13-10-14/h15H,1-13H2. The number of hydrogen-bond acceptors (Lipinski definition) is 3. The summed E-state index contributed by atoms with van der Waals surface area (Å²) in [5.74, 6) is 0. The van der Waals surface area contributed by atoms with Crippen LogP contribution in [0.1, 0.15) is 44.9 Å². The second kappa shape index (κ2) is 8.86. The molecule has 0 bridgehead atoms. The van der Waals surface area contributed by atoms with Gasteiger partial charge in [0.15, 0.2) is 0 Å². The van der Waals surface area contributed by atoms with E-state index in [2.05, 4.69) is 0 Å². The number of aliphatic hydroxyl groups excluding tert-OH is 1. The molecule has 1 N–H and O–H groups in total. The maximum atomic E-state index is 12.1. The predicted molar refractivity (Wildman–Crippen MR) is 68.5 cm³/mol. The number of rotatable bonds is 9. The van der Waals surface area contributed by atoms with Crippen LogP contribution < -0.4 is 0 Å². The quantitative estimate of drug-likeness (QED) is 0.384. The molecule has 4 heteroatoms. The molecule has 0 amide bonds. The van der Waals surface area contributed by atoms with Crippen molar-refractivity contribution >= 4 is 0 Å². The van der Waals surface area contributed by atoms with Crippen LogP contribution in [-0.4, -0.2) is 49.2 Å². The van der Waals surface area contributed by atoms with Crippen molar-refractivity contribution in [3.05, 3.63) is 5.21 Å². The third kappa shape index (κ3) is 6.99. The van der Waals surface area contributed by atoms with Crippen molar-refractivity contribution in [2.45, 2.75) is 44.9 Å². The molecule has 1 fully saturated rings. The molecular weight excluding hydrogens is 218 g/mol. The van der Waals surface area contributed by atoms with Gasteiger partial charge in [-0.05, 0) is 19.3 Å². The molecule has 0 unspecified atom stereocenters. The summed E-state index contributed by atoms with van der Waals surface area (Å²) in [6.45, 7) is 3.61. The van der Waals surface area contributed by atoms with Crippen molar-refractivity contribution in [2.24, 2.45) is 0 Å². The van der Waals surface area contributed by atoms with Crippen LogP contribution in [0, 0.1) is 5.21 Å². The van der Waals surface area contributed by atoms with Crippen molar-refractivity contribution in [1.29, 1.82) is 0 Å². The molecule has 0 spiro atoms. The molecule has 0 aliphatic carbocycles. The molecule has 1 saturated heterocycles. The predicted octanol–water partition coefficient (Wildman–Crippen LogP) is 2.05. The van der Waals surface area contributed by atoms with E-state index >= 15 is 0 Å². The van der Waals surface area contributed by atoms with Crippen LogP contribution in [0.4, 0.5) is 0 Å². The van der Waals surface area contributed by atoms with E-state index in [1.54, 1.807) is 0 Å². The normalized spacial score (nSPS) is 19.4. The average molecular weight is 245 g/mol. The minimum atomic E-state index is -0.0372. The number of hydroxylamine groups is 3. The SMILES string of the molecule is [O-][N+]1(CCCCCCCCCO)CCOCC1. The van der Waals surface area contributed by atoms with E-state index < -0.39 is 0 Å². The Kier molecular flexibility index (Phi) is 7.77. The molecule has 1 rings (SSSR count). The molecular formula is C13H27NO3. The van der Waals surface area contributed by atoms with Gasteiger partial charge in [0.2, 0.25) is 0 Å². The van der Waals surface area contributed by atoms with Gasteiger partial charge in [0.05, 0.1) is 19.8 Å². The Morgan fingerprint density at radius 2 is 1.41 bits per heavy atom. The fourth-order valence-corrected chi connectivity index (χ4v) is 2.29. The van der Waals surface area contributed by atoms with E-state index in [1.807, 2.05) is 0 Å². The Morgan fingerprint density at radius 1 is 0.882 bits per heavy atom. The van der Waals surface area contributed by atoms with E-state index in [4.69, 9.17) is 9.84 Å². The molecule has 4 nitrogen and oxygen atoms in total. The Balaban J connectivity index is 1.89. The van der Waals surface area contributed by atoms with Gasteiger partial charge in [0.1, 0.15) is 13.1 Å². The lowest BCUT2D eigenvalue weighted by Crippen LogP contribution is -2.50. The van der Waals surface area contributed by atoms with Gasteiger partial charge in [-0.1, -0.05) is 25.7 Å². The summed E-state index contributed by atoms with van der Waals surface area (Å²) in [5.41, 5.74) is 0. The first kappa shape index (κ1) is 14.9. The van der Waals surface area contributed by atoms with Crippen LogP contribution in [-0.2, 0) is 4.74 Å². The molecule has 1 aliphatic rings. The van der Waals surface area contributed by atoms with E-state index in [0.717, 1.165) is 25.8 Å². The molecule has 1 aliphatic heterocycles. The summed E-state index contributed by atoms with van der Waals surface area (Å²) in [4.78, 5) is 0. The van der Waals surface area contributed by atoms with Gasteiger partial charge >= 0.3 is 0 Å². The Bertz CT molecular complexity index is 182. The summed E-state index contributed by atoms with van der Waals surface area (Å²) in [6, 6.07) is 0. The first-order valence-electron chi connectivity index (χ1n) is 7.02. The lowest BCUT2D eigenvalue weighted by molar-refractivity contribution is -0.888. The van der Waals surface area contributed by atoms with Gasteiger partial charge in [-0.3, -0.25) is 0 Å². The molecule has 102 valence electrons. The van der Waals surface area contributed by atoms with Gasteiger partial charge in [-0.2, -0.15) is 0 Å². The van der Waals surface area contributed by atoms with E-state index in [0.29, 0.717) is 32.9 Å². The highest BCUT2D eigenvalue weighted by Gasteiger charge is 2.19. The topological polar surface area (TPSA) is 52.5 Å². The van der Waals surface area contributed by atoms with Crippen LogP contribution >= 0.6 is 0 Å². The van der Waals surface area contributed by atoms with Gasteiger partial charge < -0.3 is 19.7 Å². The molecule has 17 heavy (non-hydrogen) atoms. The molecule has 0 aromatic rings. The van der Waals surface area contributed by atoms with Crippen molar-refractivity contribution in [1.82, 2.24) is 0 Å². The first-order chi connectivity index (χ1) is 8.27. The van der Waals surface area contributed by atoms with Crippen molar-refractivity contribution in [3.63, 3.8) is 0 Å². The third-order valence-electron chi connectivity index (χ3n) is 3.51. The van der Waals surface area contributed by atoms with Crippen LogP contribution in [0.25, 0.3) is 0 Å². The Morgan fingerprint density at radius 3 is 2.00 bits per heavy atom. The lowest BCUT2D eigenvalue weighted by atomic mass is 10.1. The molecule has 1 heterocycles.